The normalized spacial score (nSPS) is 18.2. The van der Waals surface area contributed by atoms with Crippen LogP contribution in [0.1, 0.15) is 58.1 Å². The first-order valence-corrected chi connectivity index (χ1v) is 13.8. The van der Waals surface area contributed by atoms with Crippen molar-refractivity contribution >= 4 is 17.8 Å². The molecule has 0 spiro atoms. The lowest BCUT2D eigenvalue weighted by molar-refractivity contribution is -0.155. The second-order valence-corrected chi connectivity index (χ2v) is 10.8. The Kier molecular flexibility index (Phi) is 11.0. The van der Waals surface area contributed by atoms with E-state index in [1.807, 2.05) is 18.2 Å². The molecular formula is C31H42N2O8. The first kappa shape index (κ1) is 31.7. The minimum Gasteiger partial charge on any atom is -0.497 e. The van der Waals surface area contributed by atoms with Crippen LogP contribution >= 0.6 is 0 Å². The van der Waals surface area contributed by atoms with Gasteiger partial charge in [-0.3, -0.25) is 9.59 Å². The van der Waals surface area contributed by atoms with E-state index in [9.17, 15) is 9.59 Å². The Bertz CT molecular complexity index is 1210. The summed E-state index contributed by atoms with van der Waals surface area (Å²) < 4.78 is 28.0. The third-order valence-electron chi connectivity index (χ3n) is 6.63. The van der Waals surface area contributed by atoms with Crippen LogP contribution in [0, 0.1) is 0 Å². The van der Waals surface area contributed by atoms with Gasteiger partial charge in [-0.1, -0.05) is 0 Å². The Morgan fingerprint density at radius 1 is 1.07 bits per heavy atom. The fraction of sp³-hybridized carbons (Fsp3) is 0.516. The molecule has 41 heavy (non-hydrogen) atoms. The fourth-order valence-electron chi connectivity index (χ4n) is 4.48. The average molecular weight is 571 g/mol. The standard InChI is InChI=1S/C31H42N2O8/c1-21-31(16-14-27(35)41-30(2,3)4,29(36)32-17-15-23-20-25(37-5)12-13-26(23)38-6)33-28(40-21)22-8-10-24(11-9-22)39-19-7-18-34/h8-13,20-21,34H,7,14-19H2,1-6H3,(H,32,36)/t21-,31-/m1/s1. The number of hydrogen-bond acceptors (Lipinski definition) is 9. The van der Waals surface area contributed by atoms with Gasteiger partial charge in [-0.25, -0.2) is 4.99 Å². The van der Waals surface area contributed by atoms with Gasteiger partial charge in [0, 0.05) is 31.6 Å². The molecule has 0 fully saturated rings. The molecule has 0 saturated carbocycles. The number of benzene rings is 2. The van der Waals surface area contributed by atoms with Crippen molar-refractivity contribution in [2.45, 2.75) is 70.6 Å². The zero-order valence-corrected chi connectivity index (χ0v) is 24.8. The quantitative estimate of drug-likeness (QED) is 0.259. The van der Waals surface area contributed by atoms with Crippen molar-refractivity contribution in [2.24, 2.45) is 4.99 Å². The summed E-state index contributed by atoms with van der Waals surface area (Å²) in [5, 5.41) is 12.0. The summed E-state index contributed by atoms with van der Waals surface area (Å²) in [6.45, 7) is 7.95. The summed E-state index contributed by atoms with van der Waals surface area (Å²) in [5.41, 5.74) is -0.410. The second kappa shape index (κ2) is 14.2. The number of aliphatic imine (C=N–C) groups is 1. The van der Waals surface area contributed by atoms with Gasteiger partial charge in [-0.2, -0.15) is 0 Å². The van der Waals surface area contributed by atoms with Gasteiger partial charge in [-0.05, 0) is 88.6 Å². The minimum absolute atomic E-state index is 0.00346. The van der Waals surface area contributed by atoms with E-state index >= 15 is 0 Å². The van der Waals surface area contributed by atoms with Crippen LogP contribution in [0.4, 0.5) is 0 Å². The van der Waals surface area contributed by atoms with Gasteiger partial charge in [0.2, 0.25) is 5.90 Å². The maximum atomic E-state index is 13.8. The van der Waals surface area contributed by atoms with E-state index in [4.69, 9.17) is 33.8 Å². The number of rotatable bonds is 14. The number of amides is 1. The van der Waals surface area contributed by atoms with E-state index in [1.165, 1.54) is 0 Å². The lowest BCUT2D eigenvalue weighted by atomic mass is 9.87. The molecule has 0 saturated heterocycles. The SMILES string of the molecule is COc1ccc(OC)c(CCNC(=O)[C@]2(CCC(=O)OC(C)(C)C)N=C(c3ccc(OCCCO)cc3)O[C@@H]2C)c1. The zero-order chi connectivity index (χ0) is 30.0. The number of nitrogens with one attached hydrogen (secondary N) is 1. The molecule has 1 aliphatic heterocycles. The summed E-state index contributed by atoms with van der Waals surface area (Å²) in [6, 6.07) is 12.7. The summed E-state index contributed by atoms with van der Waals surface area (Å²) in [7, 11) is 3.19. The monoisotopic (exact) mass is 570 g/mol. The van der Waals surface area contributed by atoms with Gasteiger partial charge in [0.05, 0.1) is 20.8 Å². The number of methoxy groups -OCH3 is 2. The number of hydrogen-bond donors (Lipinski definition) is 2. The lowest BCUT2D eigenvalue weighted by Gasteiger charge is -2.28. The topological polar surface area (TPSA) is 125 Å². The van der Waals surface area contributed by atoms with Crippen LogP contribution < -0.4 is 19.5 Å². The lowest BCUT2D eigenvalue weighted by Crippen LogP contribution is -2.51. The highest BCUT2D eigenvalue weighted by atomic mass is 16.6. The van der Waals surface area contributed by atoms with Crippen LogP contribution in [-0.4, -0.2) is 74.1 Å². The molecule has 2 atom stereocenters. The molecule has 1 aliphatic rings. The molecule has 224 valence electrons. The van der Waals surface area contributed by atoms with Crippen LogP contribution in [0.25, 0.3) is 0 Å². The largest absolute Gasteiger partial charge is 0.497 e. The van der Waals surface area contributed by atoms with E-state index in [0.717, 1.165) is 5.56 Å². The predicted molar refractivity (Wildman–Crippen MR) is 155 cm³/mol. The fourth-order valence-corrected chi connectivity index (χ4v) is 4.48. The van der Waals surface area contributed by atoms with E-state index in [1.54, 1.807) is 66.2 Å². The van der Waals surface area contributed by atoms with Gasteiger partial charge in [0.25, 0.3) is 5.91 Å². The Morgan fingerprint density at radius 2 is 1.78 bits per heavy atom. The molecule has 0 aromatic heterocycles. The molecule has 0 bridgehead atoms. The first-order chi connectivity index (χ1) is 19.5. The number of carbonyl (C=O) groups is 2. The smallest absolute Gasteiger partial charge is 0.306 e. The summed E-state index contributed by atoms with van der Waals surface area (Å²) in [4.78, 5) is 31.2. The van der Waals surface area contributed by atoms with Crippen LogP contribution in [0.2, 0.25) is 0 Å². The predicted octanol–water partition coefficient (Wildman–Crippen LogP) is 3.85. The van der Waals surface area contributed by atoms with Crippen molar-refractivity contribution in [3.8, 4) is 17.2 Å². The number of aliphatic hydroxyl groups excluding tert-OH is 1. The molecule has 1 heterocycles. The highest BCUT2D eigenvalue weighted by Gasteiger charge is 2.50. The van der Waals surface area contributed by atoms with Gasteiger partial charge in [0.15, 0.2) is 5.54 Å². The van der Waals surface area contributed by atoms with E-state index in [0.29, 0.717) is 54.7 Å². The molecule has 2 aromatic rings. The van der Waals surface area contributed by atoms with Crippen LogP contribution in [0.5, 0.6) is 17.2 Å². The zero-order valence-electron chi connectivity index (χ0n) is 24.8. The Balaban J connectivity index is 1.81. The maximum Gasteiger partial charge on any atom is 0.306 e. The van der Waals surface area contributed by atoms with Gasteiger partial charge >= 0.3 is 5.97 Å². The number of carbonyl (C=O) groups excluding carboxylic acids is 2. The maximum absolute atomic E-state index is 13.8. The van der Waals surface area contributed by atoms with Crippen molar-refractivity contribution in [3.63, 3.8) is 0 Å². The Morgan fingerprint density at radius 3 is 2.41 bits per heavy atom. The summed E-state index contributed by atoms with van der Waals surface area (Å²) >= 11 is 0. The average Bonchev–Trinajstić information content (AvgIpc) is 3.28. The van der Waals surface area contributed by atoms with Crippen LogP contribution in [0.15, 0.2) is 47.5 Å². The molecule has 10 nitrogen and oxygen atoms in total. The number of esters is 1. The minimum atomic E-state index is -1.33. The van der Waals surface area contributed by atoms with Crippen molar-refractivity contribution in [2.75, 3.05) is 34.0 Å². The van der Waals surface area contributed by atoms with Gasteiger partial charge in [0.1, 0.15) is 29.0 Å². The number of nitrogens with zero attached hydrogens (tertiary/aromatic N) is 1. The van der Waals surface area contributed by atoms with Gasteiger partial charge < -0.3 is 34.1 Å². The molecule has 2 aromatic carbocycles. The Labute approximate surface area is 242 Å². The molecular weight excluding hydrogens is 528 g/mol. The third-order valence-corrected chi connectivity index (χ3v) is 6.63. The molecule has 2 N–H and O–H groups in total. The van der Waals surface area contributed by atoms with E-state index in [-0.39, 0.29) is 25.4 Å². The second-order valence-electron chi connectivity index (χ2n) is 10.8. The van der Waals surface area contributed by atoms with Crippen molar-refractivity contribution in [1.82, 2.24) is 5.32 Å². The molecule has 3 rings (SSSR count). The van der Waals surface area contributed by atoms with Crippen LogP contribution in [-0.2, 0) is 25.5 Å². The molecule has 1 amide bonds. The van der Waals surface area contributed by atoms with Gasteiger partial charge in [-0.15, -0.1) is 0 Å². The van der Waals surface area contributed by atoms with E-state index in [2.05, 4.69) is 5.32 Å². The molecule has 10 heteroatoms. The number of aliphatic hydroxyl groups is 1. The Hall–Kier alpha value is -3.79. The summed E-state index contributed by atoms with van der Waals surface area (Å²) in [5.74, 6) is 1.60. The highest BCUT2D eigenvalue weighted by molar-refractivity contribution is 6.01. The van der Waals surface area contributed by atoms with Crippen molar-refractivity contribution in [1.29, 1.82) is 0 Å². The highest BCUT2D eigenvalue weighted by Crippen LogP contribution is 2.34. The molecule has 0 radical (unpaired) electrons. The first-order valence-electron chi connectivity index (χ1n) is 13.8. The number of ether oxygens (including phenoxy) is 5. The van der Waals surface area contributed by atoms with Crippen LogP contribution in [0.3, 0.4) is 0 Å². The summed E-state index contributed by atoms with van der Waals surface area (Å²) in [6.07, 6.45) is 0.513. The van der Waals surface area contributed by atoms with E-state index < -0.39 is 23.2 Å². The molecule has 0 aliphatic carbocycles. The third kappa shape index (κ3) is 8.60. The van der Waals surface area contributed by atoms with Crippen molar-refractivity contribution < 1.29 is 38.4 Å². The molecule has 0 unspecified atom stereocenters. The van der Waals surface area contributed by atoms with Crippen molar-refractivity contribution in [3.05, 3.63) is 53.6 Å².